The van der Waals surface area contributed by atoms with E-state index in [1.54, 1.807) is 28.6 Å². The SMILES string of the molecule is O=C(Cc1ccc(S(=O)(=O)N2CCCCC2)cc1)NCc1ccc(N2CCCC2)cc1. The molecule has 2 aliphatic heterocycles. The predicted molar refractivity (Wildman–Crippen MR) is 122 cm³/mol. The number of hydrogen-bond donors (Lipinski definition) is 1. The van der Waals surface area contributed by atoms with Gasteiger partial charge in [-0.1, -0.05) is 30.7 Å². The highest BCUT2D eigenvalue weighted by molar-refractivity contribution is 7.89. The molecular weight excluding hydrogens is 410 g/mol. The van der Waals surface area contributed by atoms with E-state index in [2.05, 4.69) is 34.5 Å². The Morgan fingerprint density at radius 3 is 2.00 bits per heavy atom. The Bertz CT molecular complexity index is 976. The summed E-state index contributed by atoms with van der Waals surface area (Å²) in [6, 6.07) is 15.1. The van der Waals surface area contributed by atoms with Crippen LogP contribution in [0, 0.1) is 0 Å². The molecular formula is C24H31N3O3S. The molecule has 0 bridgehead atoms. The molecule has 6 nitrogen and oxygen atoms in total. The molecule has 4 rings (SSSR count). The second-order valence-corrected chi connectivity index (χ2v) is 10.4. The highest BCUT2D eigenvalue weighted by Gasteiger charge is 2.25. The van der Waals surface area contributed by atoms with Gasteiger partial charge < -0.3 is 10.2 Å². The fourth-order valence-electron chi connectivity index (χ4n) is 4.28. The van der Waals surface area contributed by atoms with Gasteiger partial charge in [0.05, 0.1) is 11.3 Å². The van der Waals surface area contributed by atoms with Gasteiger partial charge in [0.1, 0.15) is 0 Å². The van der Waals surface area contributed by atoms with Crippen molar-refractivity contribution >= 4 is 21.6 Å². The first-order valence-corrected chi connectivity index (χ1v) is 12.7. The van der Waals surface area contributed by atoms with E-state index in [-0.39, 0.29) is 12.3 Å². The maximum absolute atomic E-state index is 12.7. The molecule has 2 heterocycles. The molecule has 1 N–H and O–H groups in total. The van der Waals surface area contributed by atoms with Crippen LogP contribution in [0.15, 0.2) is 53.4 Å². The summed E-state index contributed by atoms with van der Waals surface area (Å²) in [7, 11) is -3.43. The molecule has 0 saturated carbocycles. The van der Waals surface area contributed by atoms with E-state index in [0.717, 1.165) is 43.5 Å². The third-order valence-electron chi connectivity index (χ3n) is 6.14. The van der Waals surface area contributed by atoms with Crippen LogP contribution < -0.4 is 10.2 Å². The van der Waals surface area contributed by atoms with Crippen LogP contribution in [0.1, 0.15) is 43.2 Å². The molecule has 0 aliphatic carbocycles. The summed E-state index contributed by atoms with van der Waals surface area (Å²) in [5, 5.41) is 2.95. The lowest BCUT2D eigenvalue weighted by Crippen LogP contribution is -2.35. The molecule has 31 heavy (non-hydrogen) atoms. The van der Waals surface area contributed by atoms with Crippen LogP contribution in [0.5, 0.6) is 0 Å². The fraction of sp³-hybridized carbons (Fsp3) is 0.458. The molecule has 2 aliphatic rings. The minimum atomic E-state index is -3.43. The minimum absolute atomic E-state index is 0.0738. The summed E-state index contributed by atoms with van der Waals surface area (Å²) >= 11 is 0. The van der Waals surface area contributed by atoms with Crippen molar-refractivity contribution < 1.29 is 13.2 Å². The van der Waals surface area contributed by atoms with Crippen molar-refractivity contribution in [3.8, 4) is 0 Å². The summed E-state index contributed by atoms with van der Waals surface area (Å²) in [6.45, 7) is 3.90. The monoisotopic (exact) mass is 441 g/mol. The fourth-order valence-corrected chi connectivity index (χ4v) is 5.80. The second kappa shape index (κ2) is 9.83. The first kappa shape index (κ1) is 21.8. The number of carbonyl (C=O) groups excluding carboxylic acids is 1. The Morgan fingerprint density at radius 1 is 0.774 bits per heavy atom. The standard InChI is InChI=1S/C24H31N3O3S/c28-24(25-19-21-6-10-22(11-7-21)26-14-4-5-15-26)18-20-8-12-23(13-9-20)31(29,30)27-16-2-1-3-17-27/h6-13H,1-5,14-19H2,(H,25,28). The molecule has 7 heteroatoms. The number of rotatable bonds is 7. The average molecular weight is 442 g/mol. The lowest BCUT2D eigenvalue weighted by molar-refractivity contribution is -0.120. The van der Waals surface area contributed by atoms with E-state index in [9.17, 15) is 13.2 Å². The Morgan fingerprint density at radius 2 is 1.35 bits per heavy atom. The maximum atomic E-state index is 12.7. The van der Waals surface area contributed by atoms with Gasteiger partial charge in [0, 0.05) is 38.4 Å². The van der Waals surface area contributed by atoms with Gasteiger partial charge in [0.25, 0.3) is 0 Å². The van der Waals surface area contributed by atoms with Crippen molar-refractivity contribution in [2.24, 2.45) is 0 Å². The quantitative estimate of drug-likeness (QED) is 0.716. The molecule has 0 aromatic heterocycles. The van der Waals surface area contributed by atoms with E-state index < -0.39 is 10.0 Å². The zero-order valence-corrected chi connectivity index (χ0v) is 18.7. The molecule has 1 amide bonds. The van der Waals surface area contributed by atoms with Crippen molar-refractivity contribution in [1.82, 2.24) is 9.62 Å². The summed E-state index contributed by atoms with van der Waals surface area (Å²) in [5.74, 6) is -0.0738. The number of piperidine rings is 1. The normalized spacial score (nSPS) is 17.6. The van der Waals surface area contributed by atoms with Crippen LogP contribution in [0.25, 0.3) is 0 Å². The van der Waals surface area contributed by atoms with Crippen LogP contribution in [0.2, 0.25) is 0 Å². The van der Waals surface area contributed by atoms with Crippen LogP contribution in [-0.4, -0.2) is 44.8 Å². The average Bonchev–Trinajstić information content (AvgIpc) is 3.34. The van der Waals surface area contributed by atoms with Gasteiger partial charge in [-0.2, -0.15) is 4.31 Å². The Labute approximate surface area is 185 Å². The van der Waals surface area contributed by atoms with Crippen molar-refractivity contribution in [2.75, 3.05) is 31.1 Å². The van der Waals surface area contributed by atoms with Gasteiger partial charge >= 0.3 is 0 Å². The third-order valence-corrected chi connectivity index (χ3v) is 8.05. The second-order valence-electron chi connectivity index (χ2n) is 8.42. The zero-order chi connectivity index (χ0) is 21.7. The molecule has 2 saturated heterocycles. The number of sulfonamides is 1. The van der Waals surface area contributed by atoms with Gasteiger partial charge in [0.2, 0.25) is 15.9 Å². The first-order chi connectivity index (χ1) is 15.0. The van der Waals surface area contributed by atoms with Crippen molar-refractivity contribution in [2.45, 2.75) is 50.0 Å². The molecule has 0 atom stereocenters. The highest BCUT2D eigenvalue weighted by atomic mass is 32.2. The number of carbonyl (C=O) groups is 1. The number of nitrogens with zero attached hydrogens (tertiary/aromatic N) is 2. The Kier molecular flexibility index (Phi) is 6.92. The van der Waals surface area contributed by atoms with Gasteiger partial charge in [-0.05, 0) is 61.1 Å². The summed E-state index contributed by atoms with van der Waals surface area (Å²) in [6.07, 6.45) is 5.65. The molecule has 0 radical (unpaired) electrons. The highest BCUT2D eigenvalue weighted by Crippen LogP contribution is 2.22. The lowest BCUT2D eigenvalue weighted by Gasteiger charge is -2.25. The number of amides is 1. The van der Waals surface area contributed by atoms with E-state index >= 15 is 0 Å². The van der Waals surface area contributed by atoms with Gasteiger partial charge in [0.15, 0.2) is 0 Å². The Balaban J connectivity index is 1.28. The summed E-state index contributed by atoms with van der Waals surface area (Å²) in [5.41, 5.74) is 3.12. The van der Waals surface area contributed by atoms with E-state index in [1.165, 1.54) is 18.5 Å². The van der Waals surface area contributed by atoms with Gasteiger partial charge in [-0.25, -0.2) is 8.42 Å². The number of nitrogens with one attached hydrogen (secondary N) is 1. The van der Waals surface area contributed by atoms with Gasteiger partial charge in [-0.3, -0.25) is 4.79 Å². The van der Waals surface area contributed by atoms with Crippen molar-refractivity contribution in [3.63, 3.8) is 0 Å². The van der Waals surface area contributed by atoms with Crippen LogP contribution >= 0.6 is 0 Å². The Hall–Kier alpha value is -2.38. The maximum Gasteiger partial charge on any atom is 0.243 e. The van der Waals surface area contributed by atoms with Gasteiger partial charge in [-0.15, -0.1) is 0 Å². The molecule has 2 aromatic carbocycles. The topological polar surface area (TPSA) is 69.7 Å². The van der Waals surface area contributed by atoms with E-state index in [4.69, 9.17) is 0 Å². The predicted octanol–water partition coefficient (Wildman–Crippen LogP) is 3.32. The van der Waals surface area contributed by atoms with E-state index in [1.807, 2.05) is 0 Å². The molecule has 2 aromatic rings. The number of benzene rings is 2. The molecule has 0 spiro atoms. The minimum Gasteiger partial charge on any atom is -0.372 e. The number of hydrogen-bond acceptors (Lipinski definition) is 4. The smallest absolute Gasteiger partial charge is 0.243 e. The molecule has 166 valence electrons. The summed E-state index contributed by atoms with van der Waals surface area (Å²) in [4.78, 5) is 15.0. The number of anilines is 1. The van der Waals surface area contributed by atoms with Crippen molar-refractivity contribution in [3.05, 3.63) is 59.7 Å². The van der Waals surface area contributed by atoms with Crippen LogP contribution in [-0.2, 0) is 27.8 Å². The largest absolute Gasteiger partial charge is 0.372 e. The molecule has 2 fully saturated rings. The summed E-state index contributed by atoms with van der Waals surface area (Å²) < 4.78 is 27.0. The van der Waals surface area contributed by atoms with Crippen LogP contribution in [0.4, 0.5) is 5.69 Å². The first-order valence-electron chi connectivity index (χ1n) is 11.2. The van der Waals surface area contributed by atoms with E-state index in [0.29, 0.717) is 24.5 Å². The third kappa shape index (κ3) is 5.46. The van der Waals surface area contributed by atoms with Crippen LogP contribution in [0.3, 0.4) is 0 Å². The molecule has 0 unspecified atom stereocenters. The van der Waals surface area contributed by atoms with Crippen molar-refractivity contribution in [1.29, 1.82) is 0 Å². The zero-order valence-electron chi connectivity index (χ0n) is 17.9. The lowest BCUT2D eigenvalue weighted by atomic mass is 10.1.